The van der Waals surface area contributed by atoms with Crippen LogP contribution in [0.15, 0.2) is 54.6 Å². The Balaban J connectivity index is 1.46. The van der Waals surface area contributed by atoms with Crippen molar-refractivity contribution in [2.24, 2.45) is 0 Å². The Kier molecular flexibility index (Phi) is 9.09. The summed E-state index contributed by atoms with van der Waals surface area (Å²) in [6, 6.07) is 17.2. The van der Waals surface area contributed by atoms with Crippen LogP contribution in [-0.2, 0) is 25.3 Å². The molecule has 1 fully saturated rings. The lowest BCUT2D eigenvalue weighted by Crippen LogP contribution is -2.42. The second-order valence-electron chi connectivity index (χ2n) is 9.90. The molecule has 3 aromatic rings. The van der Waals surface area contributed by atoms with Gasteiger partial charge in [-0.25, -0.2) is 17.5 Å². The van der Waals surface area contributed by atoms with Crippen molar-refractivity contribution < 1.29 is 27.5 Å². The first-order valence-electron chi connectivity index (χ1n) is 12.9. The van der Waals surface area contributed by atoms with Crippen LogP contribution in [0.1, 0.15) is 54.4 Å². The van der Waals surface area contributed by atoms with E-state index in [1.54, 1.807) is 18.2 Å². The number of carbonyl (C=O) groups is 2. The van der Waals surface area contributed by atoms with Gasteiger partial charge in [-0.3, -0.25) is 4.79 Å². The van der Waals surface area contributed by atoms with Gasteiger partial charge in [0.2, 0.25) is 10.0 Å². The first kappa shape index (κ1) is 28.8. The zero-order chi connectivity index (χ0) is 28.2. The Morgan fingerprint density at radius 3 is 2.41 bits per heavy atom. The standard InChI is InChI=1S/C29H34N2O6S2/c1-19(2)36-29(33)28-26(37-21(4)32)20(3)27(38-28)23-11-8-12-25(17-23)30-24-13-15-31(16-14-24)39(34,35)18-22-9-6-5-7-10-22/h5-12,17,19,24,30H,13-16,18H2,1-4H3. The molecule has 2 heterocycles. The maximum Gasteiger partial charge on any atom is 0.352 e. The summed E-state index contributed by atoms with van der Waals surface area (Å²) in [5.41, 5.74) is 3.25. The summed E-state index contributed by atoms with van der Waals surface area (Å²) >= 11 is 1.24. The Labute approximate surface area is 234 Å². The van der Waals surface area contributed by atoms with E-state index in [0.717, 1.165) is 21.7 Å². The molecule has 1 aliphatic heterocycles. The van der Waals surface area contributed by atoms with Crippen molar-refractivity contribution in [3.63, 3.8) is 0 Å². The number of rotatable bonds is 9. The number of thiophene rings is 1. The minimum atomic E-state index is -3.37. The number of piperidine rings is 1. The second kappa shape index (κ2) is 12.3. The number of nitrogens with zero attached hydrogens (tertiary/aromatic N) is 1. The highest BCUT2D eigenvalue weighted by atomic mass is 32.2. The van der Waals surface area contributed by atoms with Crippen LogP contribution in [-0.4, -0.2) is 49.9 Å². The molecule has 0 bridgehead atoms. The SMILES string of the molecule is CC(=O)Oc1c(C(=O)OC(C)C)sc(-c2cccc(NC3CCN(S(=O)(=O)Cc4ccccc4)CC3)c2)c1C. The van der Waals surface area contributed by atoms with Crippen molar-refractivity contribution in [2.45, 2.75) is 58.4 Å². The van der Waals surface area contributed by atoms with Gasteiger partial charge in [0.25, 0.3) is 0 Å². The first-order chi connectivity index (χ1) is 18.5. The average molecular weight is 571 g/mol. The number of anilines is 1. The Bertz CT molecular complexity index is 1430. The smallest absolute Gasteiger partial charge is 0.352 e. The molecule has 1 aliphatic rings. The fourth-order valence-corrected chi connectivity index (χ4v) is 7.26. The van der Waals surface area contributed by atoms with Crippen molar-refractivity contribution in [1.82, 2.24) is 4.31 Å². The molecule has 0 amide bonds. The Hall–Kier alpha value is -3.21. The van der Waals surface area contributed by atoms with Crippen LogP contribution in [0.2, 0.25) is 0 Å². The van der Waals surface area contributed by atoms with E-state index in [2.05, 4.69) is 5.32 Å². The van der Waals surface area contributed by atoms with E-state index in [1.165, 1.54) is 18.3 Å². The number of carbonyl (C=O) groups excluding carboxylic acids is 2. The Morgan fingerprint density at radius 1 is 1.08 bits per heavy atom. The lowest BCUT2D eigenvalue weighted by Gasteiger charge is -2.32. The summed E-state index contributed by atoms with van der Waals surface area (Å²) in [6.45, 7) is 7.58. The van der Waals surface area contributed by atoms with Gasteiger partial charge < -0.3 is 14.8 Å². The van der Waals surface area contributed by atoms with Crippen LogP contribution in [0.5, 0.6) is 5.75 Å². The molecule has 1 saturated heterocycles. The maximum atomic E-state index is 12.9. The van der Waals surface area contributed by atoms with Gasteiger partial charge in [0.15, 0.2) is 10.6 Å². The fraction of sp³-hybridized carbons (Fsp3) is 0.379. The van der Waals surface area contributed by atoms with Crippen LogP contribution in [0.4, 0.5) is 5.69 Å². The number of hydrogen-bond acceptors (Lipinski definition) is 8. The average Bonchev–Trinajstić information content (AvgIpc) is 3.20. The van der Waals surface area contributed by atoms with Crippen molar-refractivity contribution in [3.8, 4) is 16.2 Å². The first-order valence-corrected chi connectivity index (χ1v) is 15.4. The second-order valence-corrected chi connectivity index (χ2v) is 12.9. The van der Waals surface area contributed by atoms with Crippen LogP contribution in [0, 0.1) is 6.92 Å². The van der Waals surface area contributed by atoms with Gasteiger partial charge in [0, 0.05) is 42.2 Å². The van der Waals surface area contributed by atoms with Gasteiger partial charge in [-0.15, -0.1) is 11.3 Å². The molecule has 0 aliphatic carbocycles. The molecule has 8 nitrogen and oxygen atoms in total. The summed E-state index contributed by atoms with van der Waals surface area (Å²) in [5.74, 6) is -0.788. The molecule has 0 radical (unpaired) electrons. The fourth-order valence-electron chi connectivity index (χ4n) is 4.58. The van der Waals surface area contributed by atoms with E-state index in [1.807, 2.05) is 61.5 Å². The molecule has 1 aromatic heterocycles. The lowest BCUT2D eigenvalue weighted by molar-refractivity contribution is -0.131. The van der Waals surface area contributed by atoms with Gasteiger partial charge in [-0.1, -0.05) is 42.5 Å². The minimum absolute atomic E-state index is 0.0101. The highest BCUT2D eigenvalue weighted by Crippen LogP contribution is 2.42. The monoisotopic (exact) mass is 570 g/mol. The van der Waals surface area contributed by atoms with Gasteiger partial charge in [0.05, 0.1) is 11.9 Å². The largest absolute Gasteiger partial charge is 0.459 e. The van der Waals surface area contributed by atoms with Crippen LogP contribution < -0.4 is 10.1 Å². The third-order valence-electron chi connectivity index (χ3n) is 6.40. The topological polar surface area (TPSA) is 102 Å². The van der Waals surface area contributed by atoms with Gasteiger partial charge in [0.1, 0.15) is 0 Å². The quantitative estimate of drug-likeness (QED) is 0.333. The van der Waals surface area contributed by atoms with Crippen molar-refractivity contribution in [2.75, 3.05) is 18.4 Å². The third kappa shape index (κ3) is 7.26. The van der Waals surface area contributed by atoms with Gasteiger partial charge in [-0.05, 0) is 56.9 Å². The van der Waals surface area contributed by atoms with Gasteiger partial charge in [-0.2, -0.15) is 0 Å². The lowest BCUT2D eigenvalue weighted by atomic mass is 10.0. The van der Waals surface area contributed by atoms with E-state index in [4.69, 9.17) is 9.47 Å². The molecule has 208 valence electrons. The molecule has 0 unspecified atom stereocenters. The number of nitrogens with one attached hydrogen (secondary N) is 1. The van der Waals surface area contributed by atoms with Gasteiger partial charge >= 0.3 is 11.9 Å². The number of benzene rings is 2. The molecular formula is C29H34N2O6S2. The highest BCUT2D eigenvalue weighted by molar-refractivity contribution is 7.88. The molecule has 0 spiro atoms. The normalized spacial score (nSPS) is 14.8. The van der Waals surface area contributed by atoms with E-state index in [-0.39, 0.29) is 28.5 Å². The number of ether oxygens (including phenoxy) is 2. The summed E-state index contributed by atoms with van der Waals surface area (Å²) in [6.07, 6.45) is 1.08. The summed E-state index contributed by atoms with van der Waals surface area (Å²) in [5, 5.41) is 3.54. The number of hydrogen-bond donors (Lipinski definition) is 1. The van der Waals surface area contributed by atoms with Crippen molar-refractivity contribution >= 4 is 39.0 Å². The minimum Gasteiger partial charge on any atom is -0.459 e. The number of sulfonamides is 1. The predicted octanol–water partition coefficient (Wildman–Crippen LogP) is 5.62. The van der Waals surface area contributed by atoms with Crippen LogP contribution >= 0.6 is 11.3 Å². The van der Waals surface area contributed by atoms with Crippen molar-refractivity contribution in [3.05, 3.63) is 70.6 Å². The number of esters is 2. The molecular weight excluding hydrogens is 536 g/mol. The zero-order valence-corrected chi connectivity index (χ0v) is 24.2. The molecule has 39 heavy (non-hydrogen) atoms. The third-order valence-corrected chi connectivity index (χ3v) is 9.55. The molecule has 1 N–H and O–H groups in total. The van der Waals surface area contributed by atoms with E-state index in [0.29, 0.717) is 31.5 Å². The zero-order valence-electron chi connectivity index (χ0n) is 22.6. The van der Waals surface area contributed by atoms with Crippen LogP contribution in [0.25, 0.3) is 10.4 Å². The molecule has 2 aromatic carbocycles. The maximum absolute atomic E-state index is 12.9. The van der Waals surface area contributed by atoms with E-state index < -0.39 is 22.0 Å². The molecule has 0 atom stereocenters. The van der Waals surface area contributed by atoms with E-state index >= 15 is 0 Å². The molecule has 0 saturated carbocycles. The predicted molar refractivity (Wildman–Crippen MR) is 154 cm³/mol. The Morgan fingerprint density at radius 2 is 1.77 bits per heavy atom. The summed E-state index contributed by atoms with van der Waals surface area (Å²) in [4.78, 5) is 25.5. The molecule has 10 heteroatoms. The van der Waals surface area contributed by atoms with Crippen LogP contribution in [0.3, 0.4) is 0 Å². The van der Waals surface area contributed by atoms with Crippen molar-refractivity contribution in [1.29, 1.82) is 0 Å². The summed E-state index contributed by atoms with van der Waals surface area (Å²) in [7, 11) is -3.37. The summed E-state index contributed by atoms with van der Waals surface area (Å²) < 4.78 is 38.2. The highest BCUT2D eigenvalue weighted by Gasteiger charge is 2.29. The molecule has 4 rings (SSSR count). The van der Waals surface area contributed by atoms with E-state index in [9.17, 15) is 18.0 Å².